The molecule has 1 saturated heterocycles. The highest BCUT2D eigenvalue weighted by Crippen LogP contribution is 2.13. The lowest BCUT2D eigenvalue weighted by atomic mass is 10.1. The Balaban J connectivity index is 2.02. The maximum atomic E-state index is 10.5. The van der Waals surface area contributed by atoms with E-state index in [1.165, 1.54) is 6.42 Å². The third-order valence-corrected chi connectivity index (χ3v) is 3.87. The molecule has 0 spiro atoms. The summed E-state index contributed by atoms with van der Waals surface area (Å²) in [6.07, 6.45) is 5.12. The van der Waals surface area contributed by atoms with Gasteiger partial charge < -0.3 is 14.6 Å². The first-order chi connectivity index (χ1) is 8.58. The van der Waals surface area contributed by atoms with Crippen LogP contribution in [0.2, 0.25) is 0 Å². The molecule has 0 radical (unpaired) electrons. The van der Waals surface area contributed by atoms with E-state index in [0.717, 1.165) is 25.5 Å². The number of rotatable bonds is 3. The van der Waals surface area contributed by atoms with E-state index in [4.69, 9.17) is 0 Å². The Morgan fingerprint density at radius 3 is 2.83 bits per heavy atom. The standard InChI is InChI=1S/C13H24N4O/c1-15-6-4-7-16(2)11(10-15)12(18)9-13-14-5-8-17(13)3/h5,8,11-12,18H,4,6-7,9-10H2,1-3H3. The average Bonchev–Trinajstić information content (AvgIpc) is 2.62. The lowest BCUT2D eigenvalue weighted by Gasteiger charge is -2.31. The Morgan fingerprint density at radius 2 is 2.17 bits per heavy atom. The van der Waals surface area contributed by atoms with Crippen LogP contribution in [0.1, 0.15) is 12.2 Å². The van der Waals surface area contributed by atoms with Gasteiger partial charge in [-0.3, -0.25) is 4.90 Å². The minimum atomic E-state index is -0.364. The minimum Gasteiger partial charge on any atom is -0.391 e. The summed E-state index contributed by atoms with van der Waals surface area (Å²) in [5, 5.41) is 10.5. The van der Waals surface area contributed by atoms with Gasteiger partial charge in [-0.2, -0.15) is 0 Å². The molecular formula is C13H24N4O. The van der Waals surface area contributed by atoms with Gasteiger partial charge in [0.25, 0.3) is 0 Å². The molecule has 1 aromatic heterocycles. The largest absolute Gasteiger partial charge is 0.391 e. The first-order valence-electron chi connectivity index (χ1n) is 6.61. The molecule has 5 nitrogen and oxygen atoms in total. The molecule has 2 atom stereocenters. The number of aliphatic hydroxyl groups is 1. The molecule has 18 heavy (non-hydrogen) atoms. The van der Waals surface area contributed by atoms with Crippen molar-refractivity contribution in [2.45, 2.75) is 25.0 Å². The molecule has 0 aromatic carbocycles. The molecule has 102 valence electrons. The Hall–Kier alpha value is -0.910. The highest BCUT2D eigenvalue weighted by atomic mass is 16.3. The van der Waals surface area contributed by atoms with Crippen molar-refractivity contribution < 1.29 is 5.11 Å². The number of nitrogens with zero attached hydrogens (tertiary/aromatic N) is 4. The third-order valence-electron chi connectivity index (χ3n) is 3.87. The highest BCUT2D eigenvalue weighted by Gasteiger charge is 2.27. The van der Waals surface area contributed by atoms with Gasteiger partial charge in [0.15, 0.2) is 0 Å². The van der Waals surface area contributed by atoms with Crippen LogP contribution in [0.15, 0.2) is 12.4 Å². The van der Waals surface area contributed by atoms with E-state index < -0.39 is 0 Å². The summed E-state index contributed by atoms with van der Waals surface area (Å²) >= 11 is 0. The number of aryl methyl sites for hydroxylation is 1. The Labute approximate surface area is 109 Å². The van der Waals surface area contributed by atoms with Crippen molar-refractivity contribution in [3.63, 3.8) is 0 Å². The number of likely N-dealkylation sites (N-methyl/N-ethyl adjacent to an activating group) is 2. The molecule has 1 aliphatic rings. The zero-order valence-corrected chi connectivity index (χ0v) is 11.6. The normalized spacial score (nSPS) is 25.0. The van der Waals surface area contributed by atoms with Crippen molar-refractivity contribution >= 4 is 0 Å². The molecule has 0 aliphatic carbocycles. The molecule has 0 saturated carbocycles. The van der Waals surface area contributed by atoms with Gasteiger partial charge in [-0.15, -0.1) is 0 Å². The summed E-state index contributed by atoms with van der Waals surface area (Å²) in [7, 11) is 6.20. The molecule has 2 heterocycles. The smallest absolute Gasteiger partial charge is 0.111 e. The Kier molecular flexibility index (Phi) is 4.37. The van der Waals surface area contributed by atoms with E-state index in [1.54, 1.807) is 6.20 Å². The van der Waals surface area contributed by atoms with E-state index in [2.05, 4.69) is 28.9 Å². The van der Waals surface area contributed by atoms with Crippen molar-refractivity contribution in [2.24, 2.45) is 7.05 Å². The zero-order chi connectivity index (χ0) is 13.1. The highest BCUT2D eigenvalue weighted by molar-refractivity contribution is 4.96. The second-order valence-electron chi connectivity index (χ2n) is 5.39. The molecule has 1 aromatic rings. The molecule has 1 aliphatic heterocycles. The fraction of sp³-hybridized carbons (Fsp3) is 0.769. The van der Waals surface area contributed by atoms with Crippen LogP contribution in [-0.4, -0.2) is 70.3 Å². The van der Waals surface area contributed by atoms with E-state index in [1.807, 2.05) is 17.8 Å². The van der Waals surface area contributed by atoms with Crippen LogP contribution < -0.4 is 0 Å². The van der Waals surface area contributed by atoms with Crippen LogP contribution in [0.4, 0.5) is 0 Å². The maximum Gasteiger partial charge on any atom is 0.111 e. The predicted molar refractivity (Wildman–Crippen MR) is 71.5 cm³/mol. The summed E-state index contributed by atoms with van der Waals surface area (Å²) in [6, 6.07) is 0.189. The van der Waals surface area contributed by atoms with E-state index in [0.29, 0.717) is 6.42 Å². The van der Waals surface area contributed by atoms with Gasteiger partial charge in [0.1, 0.15) is 5.82 Å². The van der Waals surface area contributed by atoms with Gasteiger partial charge in [0.2, 0.25) is 0 Å². The quantitative estimate of drug-likeness (QED) is 0.820. The molecule has 1 fully saturated rings. The number of aromatic nitrogens is 2. The van der Waals surface area contributed by atoms with Crippen molar-refractivity contribution in [3.05, 3.63) is 18.2 Å². The summed E-state index contributed by atoms with van der Waals surface area (Å²) in [4.78, 5) is 8.87. The topological polar surface area (TPSA) is 44.5 Å². The van der Waals surface area contributed by atoms with Crippen LogP contribution in [-0.2, 0) is 13.5 Å². The monoisotopic (exact) mass is 252 g/mol. The van der Waals surface area contributed by atoms with Crippen LogP contribution in [0, 0.1) is 0 Å². The molecule has 5 heteroatoms. The van der Waals surface area contributed by atoms with E-state index in [-0.39, 0.29) is 12.1 Å². The molecular weight excluding hydrogens is 228 g/mol. The van der Waals surface area contributed by atoms with E-state index in [9.17, 15) is 5.11 Å². The minimum absolute atomic E-state index is 0.189. The summed E-state index contributed by atoms with van der Waals surface area (Å²) in [5.41, 5.74) is 0. The molecule has 0 bridgehead atoms. The SMILES string of the molecule is CN1CCCN(C)C(C(O)Cc2nccn2C)C1. The number of aliphatic hydroxyl groups excluding tert-OH is 1. The van der Waals surface area contributed by atoms with Gasteiger partial charge in [-0.05, 0) is 33.6 Å². The van der Waals surface area contributed by atoms with Crippen molar-refractivity contribution in [1.82, 2.24) is 19.4 Å². The Bertz CT molecular complexity index is 379. The van der Waals surface area contributed by atoms with Gasteiger partial charge >= 0.3 is 0 Å². The summed E-state index contributed by atoms with van der Waals surface area (Å²) in [6.45, 7) is 3.07. The van der Waals surface area contributed by atoms with Crippen molar-refractivity contribution in [3.8, 4) is 0 Å². The maximum absolute atomic E-state index is 10.5. The first-order valence-corrected chi connectivity index (χ1v) is 6.61. The lowest BCUT2D eigenvalue weighted by Crippen LogP contribution is -2.47. The lowest BCUT2D eigenvalue weighted by molar-refractivity contribution is 0.0563. The number of hydrogen-bond acceptors (Lipinski definition) is 4. The van der Waals surface area contributed by atoms with Crippen LogP contribution in [0.5, 0.6) is 0 Å². The van der Waals surface area contributed by atoms with Crippen LogP contribution in [0.3, 0.4) is 0 Å². The van der Waals surface area contributed by atoms with Crippen molar-refractivity contribution in [1.29, 1.82) is 0 Å². The van der Waals surface area contributed by atoms with Gasteiger partial charge in [-0.25, -0.2) is 4.98 Å². The molecule has 1 N–H and O–H groups in total. The first kappa shape index (κ1) is 13.5. The second-order valence-corrected chi connectivity index (χ2v) is 5.39. The van der Waals surface area contributed by atoms with Crippen molar-refractivity contribution in [2.75, 3.05) is 33.7 Å². The average molecular weight is 252 g/mol. The third kappa shape index (κ3) is 3.10. The van der Waals surface area contributed by atoms with Crippen LogP contribution >= 0.6 is 0 Å². The molecule has 2 rings (SSSR count). The second kappa shape index (κ2) is 5.82. The number of imidazole rings is 1. The van der Waals surface area contributed by atoms with E-state index >= 15 is 0 Å². The summed E-state index contributed by atoms with van der Waals surface area (Å²) in [5.74, 6) is 0.947. The molecule has 2 unspecified atom stereocenters. The van der Waals surface area contributed by atoms with Gasteiger partial charge in [0, 0.05) is 38.4 Å². The number of hydrogen-bond donors (Lipinski definition) is 1. The predicted octanol–water partition coefficient (Wildman–Crippen LogP) is -0.0406. The fourth-order valence-electron chi connectivity index (χ4n) is 2.64. The van der Waals surface area contributed by atoms with Crippen LogP contribution in [0.25, 0.3) is 0 Å². The fourth-order valence-corrected chi connectivity index (χ4v) is 2.64. The van der Waals surface area contributed by atoms with Gasteiger partial charge in [-0.1, -0.05) is 0 Å². The molecule has 0 amide bonds. The summed E-state index contributed by atoms with van der Waals surface area (Å²) < 4.78 is 1.98. The van der Waals surface area contributed by atoms with Gasteiger partial charge in [0.05, 0.1) is 6.10 Å². The zero-order valence-electron chi connectivity index (χ0n) is 11.6. The Morgan fingerprint density at radius 1 is 1.39 bits per heavy atom.